The van der Waals surface area contributed by atoms with Crippen LogP contribution in [0.3, 0.4) is 0 Å². The largest absolute Gasteiger partial charge is 0.352 e. The summed E-state index contributed by atoms with van der Waals surface area (Å²) in [6.45, 7) is 2.04. The van der Waals surface area contributed by atoms with Crippen molar-refractivity contribution >= 4 is 18.3 Å². The number of carbonyl (C=O) groups is 1. The number of carbonyl (C=O) groups excluding carboxylic acids is 1. The van der Waals surface area contributed by atoms with Gasteiger partial charge in [0, 0.05) is 18.2 Å². The van der Waals surface area contributed by atoms with Crippen molar-refractivity contribution in [3.05, 3.63) is 35.4 Å². The minimum atomic E-state index is -0.974. The summed E-state index contributed by atoms with van der Waals surface area (Å²) in [7, 11) is 0. The fourth-order valence-electron chi connectivity index (χ4n) is 1.24. The quantitative estimate of drug-likeness (QED) is 0.864. The van der Waals surface area contributed by atoms with Crippen LogP contribution >= 0.6 is 12.4 Å². The number of nitrogens with two attached hydrogens (primary N) is 1. The Morgan fingerprint density at radius 3 is 2.71 bits per heavy atom. The second kappa shape index (κ2) is 7.19. The van der Waals surface area contributed by atoms with E-state index in [2.05, 4.69) is 5.32 Å². The molecule has 0 heterocycles. The number of hydrogen-bond acceptors (Lipinski definition) is 2. The zero-order valence-corrected chi connectivity index (χ0v) is 10.2. The second-order valence-electron chi connectivity index (χ2n) is 3.59. The average Bonchev–Trinajstić information content (AvgIpc) is 2.24. The van der Waals surface area contributed by atoms with Crippen molar-refractivity contribution in [2.24, 2.45) is 5.73 Å². The Hall–Kier alpha value is -1.20. The minimum absolute atomic E-state index is 0. The maximum atomic E-state index is 13.2. The smallest absolute Gasteiger partial charge is 0.224 e. The Labute approximate surface area is 105 Å². The topological polar surface area (TPSA) is 55.1 Å². The van der Waals surface area contributed by atoms with Crippen molar-refractivity contribution in [1.82, 2.24) is 5.32 Å². The van der Waals surface area contributed by atoms with Crippen LogP contribution in [-0.2, 0) is 11.2 Å². The van der Waals surface area contributed by atoms with Gasteiger partial charge in [-0.2, -0.15) is 0 Å². The van der Waals surface area contributed by atoms with Crippen molar-refractivity contribution < 1.29 is 13.6 Å². The summed E-state index contributed by atoms with van der Waals surface area (Å²) in [4.78, 5) is 11.4. The number of benzene rings is 1. The molecular formula is C11H15ClF2N2O. The van der Waals surface area contributed by atoms with Gasteiger partial charge in [-0.05, 0) is 13.0 Å². The molecule has 0 radical (unpaired) electrons. The highest BCUT2D eigenvalue weighted by Gasteiger charge is 2.12. The first-order chi connectivity index (χ1) is 7.54. The molecule has 96 valence electrons. The molecule has 3 N–H and O–H groups in total. The maximum Gasteiger partial charge on any atom is 0.224 e. The highest BCUT2D eigenvalue weighted by molar-refractivity contribution is 5.85. The van der Waals surface area contributed by atoms with E-state index in [4.69, 9.17) is 5.73 Å². The van der Waals surface area contributed by atoms with Gasteiger partial charge in [0.1, 0.15) is 0 Å². The third-order valence-corrected chi connectivity index (χ3v) is 2.14. The first-order valence-electron chi connectivity index (χ1n) is 4.97. The van der Waals surface area contributed by atoms with Crippen LogP contribution in [0, 0.1) is 11.6 Å². The van der Waals surface area contributed by atoms with E-state index in [1.165, 1.54) is 12.1 Å². The van der Waals surface area contributed by atoms with Crippen LogP contribution in [0.5, 0.6) is 0 Å². The Morgan fingerprint density at radius 2 is 2.12 bits per heavy atom. The fourth-order valence-corrected chi connectivity index (χ4v) is 1.24. The highest BCUT2D eigenvalue weighted by atomic mass is 35.5. The molecule has 1 aromatic rings. The third-order valence-electron chi connectivity index (χ3n) is 2.14. The number of amides is 1. The average molecular weight is 265 g/mol. The summed E-state index contributed by atoms with van der Waals surface area (Å²) in [6.07, 6.45) is -0.187. The van der Waals surface area contributed by atoms with Crippen LogP contribution in [0.4, 0.5) is 8.78 Å². The van der Waals surface area contributed by atoms with Gasteiger partial charge < -0.3 is 11.1 Å². The molecule has 0 aliphatic heterocycles. The summed E-state index contributed by atoms with van der Waals surface area (Å²) in [6, 6.07) is 3.58. The van der Waals surface area contributed by atoms with Gasteiger partial charge >= 0.3 is 0 Å². The molecule has 1 aromatic carbocycles. The molecule has 0 aromatic heterocycles. The zero-order valence-electron chi connectivity index (χ0n) is 9.37. The first-order valence-corrected chi connectivity index (χ1v) is 4.97. The number of halogens is 3. The van der Waals surface area contributed by atoms with E-state index in [9.17, 15) is 13.6 Å². The summed E-state index contributed by atoms with van der Waals surface area (Å²) in [5.41, 5.74) is 5.36. The Balaban J connectivity index is 0.00000256. The van der Waals surface area contributed by atoms with E-state index in [-0.39, 0.29) is 36.3 Å². The standard InChI is InChI=1S/C11H14F2N2O.ClH/c1-7(6-14)15-10(16)5-8-3-2-4-9(12)11(8)13;/h2-4,7H,5-6,14H2,1H3,(H,15,16);1H/t7-;/m1./s1. The molecule has 3 nitrogen and oxygen atoms in total. The predicted octanol–water partition coefficient (Wildman–Crippen LogP) is 1.39. The van der Waals surface area contributed by atoms with Crippen LogP contribution in [0.2, 0.25) is 0 Å². The van der Waals surface area contributed by atoms with Gasteiger partial charge in [-0.25, -0.2) is 8.78 Å². The van der Waals surface area contributed by atoms with Crippen LogP contribution in [0.15, 0.2) is 18.2 Å². The van der Waals surface area contributed by atoms with Crippen molar-refractivity contribution in [3.63, 3.8) is 0 Å². The summed E-state index contributed by atoms with van der Waals surface area (Å²) in [5.74, 6) is -2.29. The molecule has 1 rings (SSSR count). The molecule has 0 unspecified atom stereocenters. The first kappa shape index (κ1) is 15.8. The van der Waals surface area contributed by atoms with E-state index in [0.29, 0.717) is 6.54 Å². The molecule has 17 heavy (non-hydrogen) atoms. The van der Waals surface area contributed by atoms with Gasteiger partial charge in [0.05, 0.1) is 6.42 Å². The van der Waals surface area contributed by atoms with E-state index in [1.807, 2.05) is 0 Å². The van der Waals surface area contributed by atoms with Crippen LogP contribution in [-0.4, -0.2) is 18.5 Å². The van der Waals surface area contributed by atoms with Gasteiger partial charge in [-0.15, -0.1) is 12.4 Å². The summed E-state index contributed by atoms with van der Waals surface area (Å²) < 4.78 is 26.0. The molecular weight excluding hydrogens is 250 g/mol. The number of rotatable bonds is 4. The molecule has 0 aliphatic carbocycles. The second-order valence-corrected chi connectivity index (χ2v) is 3.59. The Morgan fingerprint density at radius 1 is 1.47 bits per heavy atom. The molecule has 0 aliphatic rings. The summed E-state index contributed by atoms with van der Waals surface area (Å²) >= 11 is 0. The lowest BCUT2D eigenvalue weighted by Crippen LogP contribution is -2.38. The van der Waals surface area contributed by atoms with Crippen LogP contribution in [0.25, 0.3) is 0 Å². The molecule has 1 amide bonds. The lowest BCUT2D eigenvalue weighted by Gasteiger charge is -2.11. The molecule has 0 fully saturated rings. The molecule has 6 heteroatoms. The van der Waals surface area contributed by atoms with Gasteiger partial charge in [0.15, 0.2) is 11.6 Å². The summed E-state index contributed by atoms with van der Waals surface area (Å²) in [5, 5.41) is 2.57. The van der Waals surface area contributed by atoms with E-state index < -0.39 is 11.6 Å². The monoisotopic (exact) mass is 264 g/mol. The predicted molar refractivity (Wildman–Crippen MR) is 64.0 cm³/mol. The van der Waals surface area contributed by atoms with E-state index in [1.54, 1.807) is 6.92 Å². The lowest BCUT2D eigenvalue weighted by molar-refractivity contribution is -0.121. The van der Waals surface area contributed by atoms with Crippen molar-refractivity contribution in [3.8, 4) is 0 Å². The molecule has 0 saturated carbocycles. The highest BCUT2D eigenvalue weighted by Crippen LogP contribution is 2.11. The van der Waals surface area contributed by atoms with Crippen LogP contribution < -0.4 is 11.1 Å². The zero-order chi connectivity index (χ0) is 12.1. The SMILES string of the molecule is C[C@H](CN)NC(=O)Cc1cccc(F)c1F.Cl. The van der Waals surface area contributed by atoms with Gasteiger partial charge in [0.25, 0.3) is 0 Å². The van der Waals surface area contributed by atoms with Crippen molar-refractivity contribution in [2.45, 2.75) is 19.4 Å². The van der Waals surface area contributed by atoms with Gasteiger partial charge in [-0.1, -0.05) is 12.1 Å². The Kier molecular flexibility index (Phi) is 6.68. The number of hydrogen-bond donors (Lipinski definition) is 2. The van der Waals surface area contributed by atoms with E-state index >= 15 is 0 Å². The van der Waals surface area contributed by atoms with Crippen molar-refractivity contribution in [2.75, 3.05) is 6.54 Å². The van der Waals surface area contributed by atoms with Gasteiger partial charge in [0.2, 0.25) is 5.91 Å². The lowest BCUT2D eigenvalue weighted by atomic mass is 10.1. The van der Waals surface area contributed by atoms with E-state index in [0.717, 1.165) is 6.07 Å². The molecule has 1 atom stereocenters. The fraction of sp³-hybridized carbons (Fsp3) is 0.364. The van der Waals surface area contributed by atoms with Crippen molar-refractivity contribution in [1.29, 1.82) is 0 Å². The molecule has 0 saturated heterocycles. The number of nitrogens with one attached hydrogen (secondary N) is 1. The van der Waals surface area contributed by atoms with Crippen LogP contribution in [0.1, 0.15) is 12.5 Å². The van der Waals surface area contributed by atoms with Gasteiger partial charge in [-0.3, -0.25) is 4.79 Å². The minimum Gasteiger partial charge on any atom is -0.352 e. The normalized spacial score (nSPS) is 11.5. The molecule has 0 bridgehead atoms. The third kappa shape index (κ3) is 4.66. The maximum absolute atomic E-state index is 13.2. The molecule has 0 spiro atoms. The Bertz CT molecular complexity index is 388.